The molecule has 0 atom stereocenters. The molecule has 0 spiro atoms. The van der Waals surface area contributed by atoms with Crippen molar-refractivity contribution in [2.75, 3.05) is 0 Å². The zero-order valence-corrected chi connectivity index (χ0v) is 11.2. The normalized spacial score (nSPS) is 11.6. The van der Waals surface area contributed by atoms with Gasteiger partial charge in [-0.05, 0) is 18.2 Å². The number of aromatic nitrogens is 3. The lowest BCUT2D eigenvalue weighted by Crippen LogP contribution is -2.14. The molecule has 0 unspecified atom stereocenters. The molecule has 3 nitrogen and oxygen atoms in total. The summed E-state index contributed by atoms with van der Waals surface area (Å²) in [6.45, 7) is 6.11. The molecule has 2 aromatic heterocycles. The fourth-order valence-corrected chi connectivity index (χ4v) is 1.61. The Morgan fingerprint density at radius 3 is 2.44 bits per heavy atom. The van der Waals surface area contributed by atoms with Crippen LogP contribution in [0, 0.1) is 5.82 Å². The second kappa shape index (κ2) is 4.61. The predicted octanol–water partition coefficient (Wildman–Crippen LogP) is 3.63. The van der Waals surface area contributed by atoms with Gasteiger partial charge in [0.1, 0.15) is 16.7 Å². The Bertz CT molecular complexity index is 561. The number of halogens is 2. The van der Waals surface area contributed by atoms with Crippen LogP contribution in [0.1, 0.15) is 26.5 Å². The van der Waals surface area contributed by atoms with Crippen LogP contribution in [0.5, 0.6) is 0 Å². The Kier molecular flexibility index (Phi) is 3.30. The van der Waals surface area contributed by atoms with Gasteiger partial charge in [0.25, 0.3) is 0 Å². The van der Waals surface area contributed by atoms with Crippen molar-refractivity contribution in [1.82, 2.24) is 15.0 Å². The third-order valence-electron chi connectivity index (χ3n) is 2.42. The van der Waals surface area contributed by atoms with E-state index >= 15 is 0 Å². The summed E-state index contributed by atoms with van der Waals surface area (Å²) in [4.78, 5) is 12.5. The van der Waals surface area contributed by atoms with Crippen LogP contribution < -0.4 is 0 Å². The number of hydrogen-bond acceptors (Lipinski definition) is 3. The number of hydrogen-bond donors (Lipinski definition) is 0. The Morgan fingerprint density at radius 1 is 1.17 bits per heavy atom. The summed E-state index contributed by atoms with van der Waals surface area (Å²) in [7, 11) is 0. The zero-order valence-electron chi connectivity index (χ0n) is 10.4. The van der Waals surface area contributed by atoms with Crippen LogP contribution in [-0.4, -0.2) is 15.0 Å². The fraction of sp³-hybridized carbons (Fsp3) is 0.308. The van der Waals surface area contributed by atoms with E-state index in [0.29, 0.717) is 16.7 Å². The van der Waals surface area contributed by atoms with Gasteiger partial charge < -0.3 is 0 Å². The van der Waals surface area contributed by atoms with Crippen LogP contribution in [0.15, 0.2) is 24.4 Å². The lowest BCUT2D eigenvalue weighted by molar-refractivity contribution is 0.567. The molecule has 0 radical (unpaired) electrons. The first-order chi connectivity index (χ1) is 8.36. The van der Waals surface area contributed by atoms with E-state index in [1.54, 1.807) is 6.07 Å². The van der Waals surface area contributed by atoms with Crippen molar-refractivity contribution in [1.29, 1.82) is 0 Å². The standard InChI is InChI=1S/C13H13ClFN3/c1-13(2,3)10-6-11(14)18-12(17-10)9-5-4-8(15)7-16-9/h4-7H,1-3H3. The summed E-state index contributed by atoms with van der Waals surface area (Å²) < 4.78 is 12.8. The van der Waals surface area contributed by atoms with Crippen molar-refractivity contribution in [2.45, 2.75) is 26.2 Å². The minimum Gasteiger partial charge on any atom is -0.250 e. The number of nitrogens with zero attached hydrogens (tertiary/aromatic N) is 3. The van der Waals surface area contributed by atoms with Crippen molar-refractivity contribution in [3.8, 4) is 11.5 Å². The van der Waals surface area contributed by atoms with E-state index in [4.69, 9.17) is 11.6 Å². The van der Waals surface area contributed by atoms with Gasteiger partial charge in [-0.1, -0.05) is 32.4 Å². The molecule has 18 heavy (non-hydrogen) atoms. The smallest absolute Gasteiger partial charge is 0.179 e. The molecular weight excluding hydrogens is 253 g/mol. The van der Waals surface area contributed by atoms with Gasteiger partial charge in [0, 0.05) is 5.41 Å². The monoisotopic (exact) mass is 265 g/mol. The van der Waals surface area contributed by atoms with Gasteiger partial charge in [-0.3, -0.25) is 0 Å². The number of pyridine rings is 1. The predicted molar refractivity (Wildman–Crippen MR) is 68.9 cm³/mol. The SMILES string of the molecule is CC(C)(C)c1cc(Cl)nc(-c2ccc(F)cn2)n1. The Morgan fingerprint density at radius 2 is 1.89 bits per heavy atom. The minimum atomic E-state index is -0.392. The summed E-state index contributed by atoms with van der Waals surface area (Å²) in [5.74, 6) is 0.0178. The maximum absolute atomic E-state index is 12.8. The molecule has 0 aliphatic heterocycles. The molecule has 0 bridgehead atoms. The van der Waals surface area contributed by atoms with Gasteiger partial charge >= 0.3 is 0 Å². The molecule has 0 saturated carbocycles. The molecule has 5 heteroatoms. The van der Waals surface area contributed by atoms with E-state index in [1.807, 2.05) is 20.8 Å². The molecule has 0 amide bonds. The zero-order chi connectivity index (χ0) is 13.3. The topological polar surface area (TPSA) is 38.7 Å². The third kappa shape index (κ3) is 2.82. The summed E-state index contributed by atoms with van der Waals surface area (Å²) in [6, 6.07) is 4.59. The molecule has 0 aliphatic carbocycles. The maximum atomic E-state index is 12.8. The fourth-order valence-electron chi connectivity index (χ4n) is 1.42. The van der Waals surface area contributed by atoms with Crippen LogP contribution in [0.3, 0.4) is 0 Å². The van der Waals surface area contributed by atoms with E-state index in [2.05, 4.69) is 15.0 Å². The molecule has 94 valence electrons. The molecule has 0 aliphatic rings. The highest BCUT2D eigenvalue weighted by molar-refractivity contribution is 6.29. The van der Waals surface area contributed by atoms with Gasteiger partial charge in [0.2, 0.25) is 0 Å². The second-order valence-corrected chi connectivity index (χ2v) is 5.40. The van der Waals surface area contributed by atoms with Crippen LogP contribution >= 0.6 is 11.6 Å². The minimum absolute atomic E-state index is 0.138. The highest BCUT2D eigenvalue weighted by atomic mass is 35.5. The van der Waals surface area contributed by atoms with Crippen molar-refractivity contribution >= 4 is 11.6 Å². The van der Waals surface area contributed by atoms with Gasteiger partial charge in [0.15, 0.2) is 5.82 Å². The summed E-state index contributed by atoms with van der Waals surface area (Å²) in [6.07, 6.45) is 1.14. The van der Waals surface area contributed by atoms with Crippen LogP contribution in [0.2, 0.25) is 5.15 Å². The molecule has 0 fully saturated rings. The van der Waals surface area contributed by atoms with Gasteiger partial charge in [-0.15, -0.1) is 0 Å². The van der Waals surface area contributed by atoms with Crippen molar-refractivity contribution in [3.63, 3.8) is 0 Å². The van der Waals surface area contributed by atoms with Crippen LogP contribution in [0.4, 0.5) is 4.39 Å². The second-order valence-electron chi connectivity index (χ2n) is 5.01. The highest BCUT2D eigenvalue weighted by Crippen LogP contribution is 2.24. The Labute approximate surface area is 110 Å². The average molecular weight is 266 g/mol. The maximum Gasteiger partial charge on any atom is 0.179 e. The highest BCUT2D eigenvalue weighted by Gasteiger charge is 2.18. The van der Waals surface area contributed by atoms with Crippen molar-refractivity contribution in [2.24, 2.45) is 0 Å². The molecular formula is C13H13ClFN3. The lowest BCUT2D eigenvalue weighted by Gasteiger charge is -2.18. The first kappa shape index (κ1) is 12.9. The molecule has 0 saturated heterocycles. The van der Waals surface area contributed by atoms with E-state index in [9.17, 15) is 4.39 Å². The largest absolute Gasteiger partial charge is 0.250 e. The van der Waals surface area contributed by atoms with Crippen molar-refractivity contribution in [3.05, 3.63) is 41.1 Å². The summed E-state index contributed by atoms with van der Waals surface area (Å²) >= 11 is 5.98. The summed E-state index contributed by atoms with van der Waals surface area (Å²) in [5, 5.41) is 0.357. The first-order valence-electron chi connectivity index (χ1n) is 5.53. The van der Waals surface area contributed by atoms with Gasteiger partial charge in [-0.2, -0.15) is 0 Å². The first-order valence-corrected chi connectivity index (χ1v) is 5.91. The van der Waals surface area contributed by atoms with Gasteiger partial charge in [-0.25, -0.2) is 19.3 Å². The van der Waals surface area contributed by atoms with E-state index in [-0.39, 0.29) is 5.41 Å². The quantitative estimate of drug-likeness (QED) is 0.739. The van der Waals surface area contributed by atoms with Crippen molar-refractivity contribution < 1.29 is 4.39 Å². The molecule has 2 heterocycles. The lowest BCUT2D eigenvalue weighted by atomic mass is 9.92. The third-order valence-corrected chi connectivity index (χ3v) is 2.61. The Hall–Kier alpha value is -1.55. The molecule has 2 aromatic rings. The average Bonchev–Trinajstić information content (AvgIpc) is 2.28. The van der Waals surface area contributed by atoms with E-state index in [0.717, 1.165) is 11.9 Å². The van der Waals surface area contributed by atoms with Gasteiger partial charge in [0.05, 0.1) is 11.9 Å². The Balaban J connectivity index is 2.52. The number of rotatable bonds is 1. The van der Waals surface area contributed by atoms with Crippen LogP contribution in [-0.2, 0) is 5.41 Å². The van der Waals surface area contributed by atoms with E-state index in [1.165, 1.54) is 12.1 Å². The van der Waals surface area contributed by atoms with Crippen LogP contribution in [0.25, 0.3) is 11.5 Å². The van der Waals surface area contributed by atoms with E-state index < -0.39 is 5.82 Å². The molecule has 0 N–H and O–H groups in total. The molecule has 2 rings (SSSR count). The molecule has 0 aromatic carbocycles. The summed E-state index contributed by atoms with van der Waals surface area (Å²) in [5.41, 5.74) is 1.19.